The number of pyridine rings is 1. The molecule has 0 saturated heterocycles. The van der Waals surface area contributed by atoms with E-state index in [0.717, 1.165) is 0 Å². The molecule has 2 aromatic heterocycles. The van der Waals surface area contributed by atoms with Crippen molar-refractivity contribution >= 4 is 40.3 Å². The van der Waals surface area contributed by atoms with Gasteiger partial charge in [-0.15, -0.1) is 0 Å². The SMILES string of the molecule is O=C(OCc1nc2ccccc2o1)c1cccnc1Oc1ccc(Cl)cc1Cl. The molecule has 0 fully saturated rings. The molecule has 6 nitrogen and oxygen atoms in total. The fourth-order valence-electron chi connectivity index (χ4n) is 2.48. The molecule has 0 aliphatic heterocycles. The second-order valence-corrected chi connectivity index (χ2v) is 6.53. The fourth-order valence-corrected chi connectivity index (χ4v) is 2.92. The number of ether oxygens (including phenoxy) is 2. The molecule has 0 atom stereocenters. The van der Waals surface area contributed by atoms with E-state index in [2.05, 4.69) is 9.97 Å². The number of hydrogen-bond acceptors (Lipinski definition) is 6. The zero-order chi connectivity index (χ0) is 19.5. The molecule has 0 N–H and O–H groups in total. The van der Waals surface area contributed by atoms with Gasteiger partial charge in [-0.3, -0.25) is 0 Å². The molecular formula is C20H12Cl2N2O4. The summed E-state index contributed by atoms with van der Waals surface area (Å²) in [5.74, 6) is 0.0455. The predicted octanol–water partition coefficient (Wildman–Crippen LogP) is 5.68. The second kappa shape index (κ2) is 7.88. The van der Waals surface area contributed by atoms with Gasteiger partial charge in [0.25, 0.3) is 0 Å². The van der Waals surface area contributed by atoms with Crippen molar-refractivity contribution in [2.75, 3.05) is 0 Å². The number of halogens is 2. The molecule has 0 saturated carbocycles. The number of rotatable bonds is 5. The number of carbonyl (C=O) groups excluding carboxylic acids is 1. The van der Waals surface area contributed by atoms with Crippen molar-refractivity contribution in [3.05, 3.63) is 82.3 Å². The third-order valence-electron chi connectivity index (χ3n) is 3.76. The van der Waals surface area contributed by atoms with E-state index in [1.165, 1.54) is 12.3 Å². The summed E-state index contributed by atoms with van der Waals surface area (Å²) in [5, 5.41) is 0.764. The summed E-state index contributed by atoms with van der Waals surface area (Å²) in [5.41, 5.74) is 1.46. The number of aromatic nitrogens is 2. The average molecular weight is 415 g/mol. The first-order valence-corrected chi connectivity index (χ1v) is 8.95. The quantitative estimate of drug-likeness (QED) is 0.391. The molecule has 0 unspecified atom stereocenters. The summed E-state index contributed by atoms with van der Waals surface area (Å²) in [4.78, 5) is 20.9. The lowest BCUT2D eigenvalue weighted by Gasteiger charge is -2.10. The van der Waals surface area contributed by atoms with Crippen LogP contribution in [0, 0.1) is 0 Å². The topological polar surface area (TPSA) is 74.5 Å². The molecular weight excluding hydrogens is 403 g/mol. The van der Waals surface area contributed by atoms with Crippen molar-refractivity contribution in [2.45, 2.75) is 6.61 Å². The Hall–Kier alpha value is -3.09. The molecule has 2 aromatic carbocycles. The molecule has 8 heteroatoms. The number of para-hydroxylation sites is 2. The molecule has 28 heavy (non-hydrogen) atoms. The van der Waals surface area contributed by atoms with Crippen LogP contribution < -0.4 is 4.74 Å². The lowest BCUT2D eigenvalue weighted by atomic mass is 10.2. The van der Waals surface area contributed by atoms with E-state index >= 15 is 0 Å². The van der Waals surface area contributed by atoms with Crippen LogP contribution in [0.25, 0.3) is 11.1 Å². The Morgan fingerprint density at radius 1 is 1.07 bits per heavy atom. The molecule has 0 aliphatic carbocycles. The summed E-state index contributed by atoms with van der Waals surface area (Å²) in [6.07, 6.45) is 1.50. The summed E-state index contributed by atoms with van der Waals surface area (Å²) in [6, 6.07) is 15.2. The minimum absolute atomic E-state index is 0.0642. The van der Waals surface area contributed by atoms with E-state index in [9.17, 15) is 4.79 Å². The Bertz CT molecular complexity index is 1130. The van der Waals surface area contributed by atoms with Crippen molar-refractivity contribution in [1.29, 1.82) is 0 Å². The number of esters is 1. The summed E-state index contributed by atoms with van der Waals surface area (Å²) >= 11 is 12.0. The second-order valence-electron chi connectivity index (χ2n) is 5.68. The van der Waals surface area contributed by atoms with Crippen molar-refractivity contribution < 1.29 is 18.7 Å². The van der Waals surface area contributed by atoms with Gasteiger partial charge in [-0.25, -0.2) is 14.8 Å². The zero-order valence-electron chi connectivity index (χ0n) is 14.3. The normalized spacial score (nSPS) is 10.8. The van der Waals surface area contributed by atoms with Crippen LogP contribution in [0.4, 0.5) is 0 Å². The van der Waals surface area contributed by atoms with Gasteiger partial charge in [-0.05, 0) is 42.5 Å². The van der Waals surface area contributed by atoms with Crippen LogP contribution in [0.3, 0.4) is 0 Å². The first kappa shape index (κ1) is 18.3. The fraction of sp³-hybridized carbons (Fsp3) is 0.0500. The van der Waals surface area contributed by atoms with Crippen LogP contribution in [0.15, 0.2) is 65.2 Å². The number of benzene rings is 2. The van der Waals surface area contributed by atoms with Gasteiger partial charge in [0.2, 0.25) is 11.8 Å². The highest BCUT2D eigenvalue weighted by Crippen LogP contribution is 2.32. The Morgan fingerprint density at radius 2 is 1.93 bits per heavy atom. The maximum Gasteiger partial charge on any atom is 0.344 e. The molecule has 2 heterocycles. The monoisotopic (exact) mass is 414 g/mol. The minimum Gasteiger partial charge on any atom is -0.452 e. The molecule has 140 valence electrons. The predicted molar refractivity (Wildman–Crippen MR) is 104 cm³/mol. The molecule has 0 bridgehead atoms. The number of hydrogen-bond donors (Lipinski definition) is 0. The van der Waals surface area contributed by atoms with Gasteiger partial charge in [0.05, 0.1) is 5.02 Å². The van der Waals surface area contributed by atoms with Crippen molar-refractivity contribution in [3.8, 4) is 11.6 Å². The number of carbonyl (C=O) groups is 1. The lowest BCUT2D eigenvalue weighted by molar-refractivity contribution is 0.0436. The lowest BCUT2D eigenvalue weighted by Crippen LogP contribution is -2.08. The van der Waals surface area contributed by atoms with Crippen LogP contribution in [0.1, 0.15) is 16.2 Å². The maximum absolute atomic E-state index is 12.5. The first-order chi connectivity index (χ1) is 13.6. The average Bonchev–Trinajstić information content (AvgIpc) is 3.12. The van der Waals surface area contributed by atoms with Gasteiger partial charge in [-0.2, -0.15) is 0 Å². The summed E-state index contributed by atoms with van der Waals surface area (Å²) < 4.78 is 16.5. The summed E-state index contributed by atoms with van der Waals surface area (Å²) in [6.45, 7) is -0.121. The molecule has 0 radical (unpaired) electrons. The van der Waals surface area contributed by atoms with Gasteiger partial charge in [0.1, 0.15) is 16.8 Å². The first-order valence-electron chi connectivity index (χ1n) is 8.19. The van der Waals surface area contributed by atoms with E-state index in [1.807, 2.05) is 18.2 Å². The molecule has 0 spiro atoms. The van der Waals surface area contributed by atoms with Crippen LogP contribution in [0.2, 0.25) is 10.0 Å². The largest absolute Gasteiger partial charge is 0.452 e. The number of nitrogens with zero attached hydrogens (tertiary/aromatic N) is 2. The van der Waals surface area contributed by atoms with E-state index in [-0.39, 0.29) is 18.1 Å². The number of oxazole rings is 1. The third kappa shape index (κ3) is 3.93. The van der Waals surface area contributed by atoms with Crippen LogP contribution >= 0.6 is 23.2 Å². The van der Waals surface area contributed by atoms with Gasteiger partial charge in [0, 0.05) is 11.2 Å². The van der Waals surface area contributed by atoms with Gasteiger partial charge >= 0.3 is 5.97 Å². The van der Waals surface area contributed by atoms with E-state index in [0.29, 0.717) is 32.8 Å². The maximum atomic E-state index is 12.5. The highest BCUT2D eigenvalue weighted by Gasteiger charge is 2.18. The van der Waals surface area contributed by atoms with Crippen molar-refractivity contribution in [3.63, 3.8) is 0 Å². The molecule has 0 aliphatic rings. The Labute approximate surface area is 169 Å². The third-order valence-corrected chi connectivity index (χ3v) is 4.29. The Balaban J connectivity index is 1.51. The van der Waals surface area contributed by atoms with Crippen LogP contribution in [0.5, 0.6) is 11.6 Å². The Morgan fingerprint density at radius 3 is 2.75 bits per heavy atom. The van der Waals surface area contributed by atoms with Crippen LogP contribution in [-0.4, -0.2) is 15.9 Å². The number of fused-ring (bicyclic) bond motifs is 1. The summed E-state index contributed by atoms with van der Waals surface area (Å²) in [7, 11) is 0. The smallest absolute Gasteiger partial charge is 0.344 e. The van der Waals surface area contributed by atoms with E-state index in [1.54, 1.807) is 30.3 Å². The van der Waals surface area contributed by atoms with Gasteiger partial charge in [-0.1, -0.05) is 35.3 Å². The van der Waals surface area contributed by atoms with Crippen molar-refractivity contribution in [2.24, 2.45) is 0 Å². The highest BCUT2D eigenvalue weighted by atomic mass is 35.5. The zero-order valence-corrected chi connectivity index (χ0v) is 15.8. The molecule has 4 aromatic rings. The van der Waals surface area contributed by atoms with E-state index < -0.39 is 5.97 Å². The standard InChI is InChI=1S/C20H12Cl2N2O4/c21-12-7-8-16(14(22)10-12)28-19-13(4-3-9-23-19)20(25)26-11-18-24-15-5-1-2-6-17(15)27-18/h1-10H,11H2. The molecule has 4 rings (SSSR count). The Kier molecular flexibility index (Phi) is 5.14. The van der Waals surface area contributed by atoms with Crippen molar-refractivity contribution in [1.82, 2.24) is 9.97 Å². The van der Waals surface area contributed by atoms with Gasteiger partial charge in [0.15, 0.2) is 12.2 Å². The highest BCUT2D eigenvalue weighted by molar-refractivity contribution is 6.35. The van der Waals surface area contributed by atoms with Crippen LogP contribution in [-0.2, 0) is 11.3 Å². The van der Waals surface area contributed by atoms with Gasteiger partial charge < -0.3 is 13.9 Å². The minimum atomic E-state index is -0.629. The molecule has 0 amide bonds. The van der Waals surface area contributed by atoms with E-state index in [4.69, 9.17) is 37.1 Å².